The van der Waals surface area contributed by atoms with E-state index in [1.165, 1.54) is 0 Å². The minimum absolute atomic E-state index is 0.494. The van der Waals surface area contributed by atoms with E-state index in [-0.39, 0.29) is 0 Å². The van der Waals surface area contributed by atoms with Gasteiger partial charge in [0.2, 0.25) is 5.88 Å². The summed E-state index contributed by atoms with van der Waals surface area (Å²) in [4.78, 5) is 7.03. The number of hydrogen-bond donors (Lipinski definition) is 1. The summed E-state index contributed by atoms with van der Waals surface area (Å²) in [5.74, 6) is 1.39. The lowest BCUT2D eigenvalue weighted by Crippen LogP contribution is -2.23. The normalized spacial score (nSPS) is 10.1. The molecule has 1 aromatic carbocycles. The van der Waals surface area contributed by atoms with Gasteiger partial charge in [0.15, 0.2) is 0 Å². The van der Waals surface area contributed by atoms with Crippen LogP contribution in [0.5, 0.6) is 5.88 Å². The van der Waals surface area contributed by atoms with Crippen LogP contribution in [0.4, 0.5) is 11.5 Å². The first kappa shape index (κ1) is 14.3. The summed E-state index contributed by atoms with van der Waals surface area (Å²) in [7, 11) is 1.61. The van der Waals surface area contributed by atoms with Crippen molar-refractivity contribution in [3.63, 3.8) is 0 Å². The Morgan fingerprint density at radius 2 is 1.95 bits per heavy atom. The molecule has 0 spiro atoms. The fourth-order valence-corrected chi connectivity index (χ4v) is 1.97. The predicted octanol–water partition coefficient (Wildman–Crippen LogP) is 2.90. The summed E-state index contributed by atoms with van der Waals surface area (Å²) in [6.07, 6.45) is 0.628. The molecule has 20 heavy (non-hydrogen) atoms. The highest BCUT2D eigenvalue weighted by molar-refractivity contribution is 7.80. The van der Waals surface area contributed by atoms with Crippen LogP contribution in [0.3, 0.4) is 0 Å². The number of thiocarbonyl (C=S) groups is 1. The van der Waals surface area contributed by atoms with Gasteiger partial charge >= 0.3 is 0 Å². The molecular formula is C15H17N3OS. The Kier molecular flexibility index (Phi) is 4.90. The molecule has 0 atom stereocenters. The van der Waals surface area contributed by atoms with Gasteiger partial charge in [-0.05, 0) is 18.2 Å². The molecule has 0 fully saturated rings. The first-order valence-electron chi connectivity index (χ1n) is 6.32. The summed E-state index contributed by atoms with van der Waals surface area (Å²) in [5.41, 5.74) is 6.66. The van der Waals surface area contributed by atoms with Crippen molar-refractivity contribution in [3.05, 3.63) is 48.5 Å². The number of hydrogen-bond acceptors (Lipinski definition) is 4. The van der Waals surface area contributed by atoms with Gasteiger partial charge in [-0.3, -0.25) is 0 Å². The van der Waals surface area contributed by atoms with E-state index < -0.39 is 0 Å². The van der Waals surface area contributed by atoms with E-state index in [4.69, 9.17) is 22.7 Å². The Morgan fingerprint density at radius 1 is 1.20 bits per heavy atom. The van der Waals surface area contributed by atoms with Crippen LogP contribution in [0.25, 0.3) is 0 Å². The topological polar surface area (TPSA) is 51.4 Å². The van der Waals surface area contributed by atoms with Crippen LogP contribution >= 0.6 is 12.2 Å². The fourth-order valence-electron chi connectivity index (χ4n) is 1.87. The lowest BCUT2D eigenvalue weighted by molar-refractivity contribution is 0.398. The molecule has 0 saturated heterocycles. The van der Waals surface area contributed by atoms with E-state index in [2.05, 4.69) is 9.88 Å². The molecular weight excluding hydrogens is 270 g/mol. The molecule has 104 valence electrons. The molecule has 0 bridgehead atoms. The molecule has 0 aliphatic rings. The molecule has 2 N–H and O–H groups in total. The third kappa shape index (κ3) is 3.68. The number of pyridine rings is 1. The molecule has 0 aliphatic heterocycles. The van der Waals surface area contributed by atoms with Crippen molar-refractivity contribution in [2.75, 3.05) is 18.6 Å². The van der Waals surface area contributed by atoms with Gasteiger partial charge < -0.3 is 15.4 Å². The van der Waals surface area contributed by atoms with Crippen LogP contribution in [-0.4, -0.2) is 23.6 Å². The van der Waals surface area contributed by atoms with Gasteiger partial charge in [-0.15, -0.1) is 0 Å². The number of para-hydroxylation sites is 1. The number of methoxy groups -OCH3 is 1. The van der Waals surface area contributed by atoms with Gasteiger partial charge in [0, 0.05) is 24.7 Å². The number of ether oxygens (including phenoxy) is 1. The Balaban J connectivity index is 2.32. The molecule has 1 heterocycles. The van der Waals surface area contributed by atoms with Crippen LogP contribution in [0.2, 0.25) is 0 Å². The zero-order valence-corrected chi connectivity index (χ0v) is 12.1. The van der Waals surface area contributed by atoms with Crippen LogP contribution in [0.1, 0.15) is 6.42 Å². The molecule has 0 unspecified atom stereocenters. The van der Waals surface area contributed by atoms with Gasteiger partial charge in [0.1, 0.15) is 5.82 Å². The summed E-state index contributed by atoms with van der Waals surface area (Å²) >= 11 is 4.97. The van der Waals surface area contributed by atoms with Crippen molar-refractivity contribution in [1.29, 1.82) is 0 Å². The maximum absolute atomic E-state index is 5.61. The summed E-state index contributed by atoms with van der Waals surface area (Å²) < 4.78 is 5.18. The first-order valence-corrected chi connectivity index (χ1v) is 6.73. The van der Waals surface area contributed by atoms with Crippen molar-refractivity contribution in [1.82, 2.24) is 4.98 Å². The first-order chi connectivity index (χ1) is 9.70. The van der Waals surface area contributed by atoms with Crippen molar-refractivity contribution in [2.45, 2.75) is 6.42 Å². The van der Waals surface area contributed by atoms with Crippen molar-refractivity contribution < 1.29 is 4.74 Å². The quantitative estimate of drug-likeness (QED) is 0.828. The molecule has 4 nitrogen and oxygen atoms in total. The second-order valence-electron chi connectivity index (χ2n) is 4.24. The lowest BCUT2D eigenvalue weighted by Gasteiger charge is -2.24. The third-order valence-electron chi connectivity index (χ3n) is 2.84. The second kappa shape index (κ2) is 6.86. The SMILES string of the molecule is COc1cccc(N(CCC(N)=S)c2ccccc2)n1. The molecule has 0 amide bonds. The highest BCUT2D eigenvalue weighted by Gasteiger charge is 2.11. The van der Waals surface area contributed by atoms with Gasteiger partial charge in [-0.25, -0.2) is 0 Å². The van der Waals surface area contributed by atoms with Crippen molar-refractivity contribution in [3.8, 4) is 5.88 Å². The molecule has 2 aromatic rings. The summed E-state index contributed by atoms with van der Waals surface area (Å²) in [5, 5.41) is 0. The number of anilines is 2. The zero-order chi connectivity index (χ0) is 14.4. The summed E-state index contributed by atoms with van der Waals surface area (Å²) in [6.45, 7) is 0.680. The number of aromatic nitrogens is 1. The number of rotatable bonds is 6. The zero-order valence-electron chi connectivity index (χ0n) is 11.3. The van der Waals surface area contributed by atoms with Crippen LogP contribution in [0, 0.1) is 0 Å². The van der Waals surface area contributed by atoms with Crippen molar-refractivity contribution in [2.24, 2.45) is 5.73 Å². The highest BCUT2D eigenvalue weighted by atomic mass is 32.1. The average Bonchev–Trinajstić information content (AvgIpc) is 2.48. The second-order valence-corrected chi connectivity index (χ2v) is 4.77. The summed E-state index contributed by atoms with van der Waals surface area (Å²) in [6, 6.07) is 15.7. The van der Waals surface area contributed by atoms with Crippen molar-refractivity contribution >= 4 is 28.7 Å². The smallest absolute Gasteiger partial charge is 0.214 e. The molecule has 5 heteroatoms. The predicted molar refractivity (Wildman–Crippen MR) is 85.6 cm³/mol. The Labute approximate surface area is 124 Å². The van der Waals surface area contributed by atoms with Gasteiger partial charge in [-0.1, -0.05) is 36.5 Å². The number of benzene rings is 1. The largest absolute Gasteiger partial charge is 0.481 e. The van der Waals surface area contributed by atoms with E-state index in [0.717, 1.165) is 11.5 Å². The van der Waals surface area contributed by atoms with Crippen LogP contribution in [0.15, 0.2) is 48.5 Å². The van der Waals surface area contributed by atoms with E-state index in [9.17, 15) is 0 Å². The Bertz CT molecular complexity index is 574. The average molecular weight is 287 g/mol. The Hall–Kier alpha value is -2.14. The molecule has 0 radical (unpaired) electrons. The van der Waals surface area contributed by atoms with Crippen LogP contribution < -0.4 is 15.4 Å². The lowest BCUT2D eigenvalue weighted by atomic mass is 10.2. The van der Waals surface area contributed by atoms with Gasteiger partial charge in [-0.2, -0.15) is 4.98 Å². The van der Waals surface area contributed by atoms with E-state index >= 15 is 0 Å². The third-order valence-corrected chi connectivity index (χ3v) is 3.05. The van der Waals surface area contributed by atoms with E-state index in [1.54, 1.807) is 7.11 Å². The molecule has 2 rings (SSSR count). The minimum Gasteiger partial charge on any atom is -0.481 e. The molecule has 0 saturated carbocycles. The monoisotopic (exact) mass is 287 g/mol. The van der Waals surface area contributed by atoms with Crippen LogP contribution in [-0.2, 0) is 0 Å². The maximum Gasteiger partial charge on any atom is 0.214 e. The van der Waals surface area contributed by atoms with E-state index in [1.807, 2.05) is 48.5 Å². The van der Waals surface area contributed by atoms with E-state index in [0.29, 0.717) is 23.8 Å². The fraction of sp³-hybridized carbons (Fsp3) is 0.200. The Morgan fingerprint density at radius 3 is 2.60 bits per heavy atom. The van der Waals surface area contributed by atoms with Gasteiger partial charge in [0.25, 0.3) is 0 Å². The maximum atomic E-state index is 5.61. The molecule has 1 aromatic heterocycles. The number of nitrogens with zero attached hydrogens (tertiary/aromatic N) is 2. The number of nitrogens with two attached hydrogens (primary N) is 1. The highest BCUT2D eigenvalue weighted by Crippen LogP contribution is 2.25. The van der Waals surface area contributed by atoms with Gasteiger partial charge in [0.05, 0.1) is 12.1 Å². The minimum atomic E-state index is 0.494. The standard InChI is InChI=1S/C15H17N3OS/c1-19-15-9-5-8-14(17-15)18(11-10-13(16)20)12-6-3-2-4-7-12/h2-9H,10-11H2,1H3,(H2,16,20). The molecule has 0 aliphatic carbocycles.